The van der Waals surface area contributed by atoms with Crippen molar-refractivity contribution in [1.82, 2.24) is 9.78 Å². The molecular weight excluding hydrogens is 415 g/mol. The van der Waals surface area contributed by atoms with Gasteiger partial charge in [0, 0.05) is 29.5 Å². The lowest BCUT2D eigenvalue weighted by molar-refractivity contribution is -0.385. The van der Waals surface area contributed by atoms with Gasteiger partial charge in [0.05, 0.1) is 17.0 Å². The molecule has 1 heterocycles. The van der Waals surface area contributed by atoms with Crippen molar-refractivity contribution in [2.75, 3.05) is 5.32 Å². The number of hydrogen-bond donors (Lipinski definition) is 1. The summed E-state index contributed by atoms with van der Waals surface area (Å²) < 4.78 is 68.1. The molecule has 0 unspecified atom stereocenters. The van der Waals surface area contributed by atoms with Crippen LogP contribution in [0, 0.1) is 46.1 Å². The molecule has 1 amide bonds. The number of nitrogens with zero attached hydrogens (tertiary/aromatic N) is 3. The third-order valence-corrected chi connectivity index (χ3v) is 4.17. The van der Waals surface area contributed by atoms with Crippen LogP contribution >= 0.6 is 0 Å². The van der Waals surface area contributed by atoms with E-state index in [-0.39, 0.29) is 17.1 Å². The van der Waals surface area contributed by atoms with Gasteiger partial charge in [0.15, 0.2) is 29.1 Å². The highest BCUT2D eigenvalue weighted by Gasteiger charge is 2.26. The number of anilines is 1. The van der Waals surface area contributed by atoms with Gasteiger partial charge in [-0.1, -0.05) is 6.07 Å². The zero-order chi connectivity index (χ0) is 22.2. The molecule has 156 valence electrons. The van der Waals surface area contributed by atoms with E-state index < -0.39 is 52.0 Å². The first-order chi connectivity index (χ1) is 14.1. The van der Waals surface area contributed by atoms with Crippen LogP contribution < -0.4 is 5.32 Å². The van der Waals surface area contributed by atoms with Crippen LogP contribution in [0.4, 0.5) is 33.5 Å². The molecule has 1 aromatic heterocycles. The standard InChI is InChI=1S/C18H11F5N4O3/c1-8-2-3-9(6-11(8)27(29)30)18(28)24-12-4-5-26(25-12)7-10-13(19)15(21)17(23)16(22)14(10)20/h2-6H,7H2,1H3,(H,24,25,28). The Morgan fingerprint density at radius 2 is 1.67 bits per heavy atom. The molecule has 3 rings (SSSR count). The Balaban J connectivity index is 1.81. The zero-order valence-electron chi connectivity index (χ0n) is 15.1. The molecule has 30 heavy (non-hydrogen) atoms. The predicted octanol–water partition coefficient (Wildman–Crippen LogP) is 4.10. The average molecular weight is 426 g/mol. The van der Waals surface area contributed by atoms with Gasteiger partial charge in [-0.2, -0.15) is 5.10 Å². The fourth-order valence-corrected chi connectivity index (χ4v) is 2.60. The van der Waals surface area contributed by atoms with Crippen molar-refractivity contribution in [2.45, 2.75) is 13.5 Å². The molecule has 1 N–H and O–H groups in total. The number of carbonyl (C=O) groups excluding carboxylic acids is 1. The summed E-state index contributed by atoms with van der Waals surface area (Å²) in [6, 6.07) is 5.02. The average Bonchev–Trinajstić information content (AvgIpc) is 3.15. The van der Waals surface area contributed by atoms with E-state index in [2.05, 4.69) is 10.4 Å². The van der Waals surface area contributed by atoms with Crippen LogP contribution in [-0.4, -0.2) is 20.6 Å². The van der Waals surface area contributed by atoms with Crippen LogP contribution in [0.1, 0.15) is 21.5 Å². The van der Waals surface area contributed by atoms with Crippen LogP contribution in [-0.2, 0) is 6.54 Å². The number of benzene rings is 2. The van der Waals surface area contributed by atoms with Gasteiger partial charge in [0.25, 0.3) is 11.6 Å². The van der Waals surface area contributed by atoms with Crippen molar-refractivity contribution in [3.05, 3.63) is 86.4 Å². The Hall–Kier alpha value is -3.83. The molecule has 2 aromatic carbocycles. The van der Waals surface area contributed by atoms with E-state index in [0.29, 0.717) is 5.56 Å². The van der Waals surface area contributed by atoms with Gasteiger partial charge in [-0.3, -0.25) is 19.6 Å². The highest BCUT2D eigenvalue weighted by atomic mass is 19.2. The Labute approximate surface area is 164 Å². The first-order valence-corrected chi connectivity index (χ1v) is 8.20. The maximum absolute atomic E-state index is 13.8. The van der Waals surface area contributed by atoms with E-state index in [1.165, 1.54) is 25.1 Å². The number of hydrogen-bond acceptors (Lipinski definition) is 4. The van der Waals surface area contributed by atoms with E-state index in [1.54, 1.807) is 0 Å². The lowest BCUT2D eigenvalue weighted by atomic mass is 10.1. The maximum atomic E-state index is 13.8. The van der Waals surface area contributed by atoms with Gasteiger partial charge in [-0.25, -0.2) is 22.0 Å². The molecule has 0 atom stereocenters. The summed E-state index contributed by atoms with van der Waals surface area (Å²) in [5, 5.41) is 17.1. The second-order valence-electron chi connectivity index (χ2n) is 6.16. The highest BCUT2D eigenvalue weighted by molar-refractivity contribution is 6.04. The maximum Gasteiger partial charge on any atom is 0.273 e. The zero-order valence-corrected chi connectivity index (χ0v) is 15.1. The van der Waals surface area contributed by atoms with E-state index in [1.807, 2.05) is 0 Å². The Bertz CT molecular complexity index is 1150. The van der Waals surface area contributed by atoms with Gasteiger partial charge in [0.2, 0.25) is 5.82 Å². The van der Waals surface area contributed by atoms with Crippen LogP contribution in [0.25, 0.3) is 0 Å². The first kappa shape index (κ1) is 20.9. The lowest BCUT2D eigenvalue weighted by Gasteiger charge is -2.08. The molecule has 0 bridgehead atoms. The van der Waals surface area contributed by atoms with E-state index in [9.17, 15) is 36.9 Å². The molecule has 7 nitrogen and oxygen atoms in total. The molecule has 0 saturated carbocycles. The summed E-state index contributed by atoms with van der Waals surface area (Å²) in [6.45, 7) is 0.707. The molecule has 3 aromatic rings. The normalized spacial score (nSPS) is 10.9. The molecular formula is C18H11F5N4O3. The molecule has 0 aliphatic rings. The number of aromatic nitrogens is 2. The number of nitro groups is 1. The van der Waals surface area contributed by atoms with E-state index >= 15 is 0 Å². The second-order valence-corrected chi connectivity index (χ2v) is 6.16. The predicted molar refractivity (Wildman–Crippen MR) is 93.3 cm³/mol. The minimum absolute atomic E-state index is 0.0402. The summed E-state index contributed by atoms with van der Waals surface area (Å²) in [7, 11) is 0. The van der Waals surface area contributed by atoms with Crippen molar-refractivity contribution < 1.29 is 31.7 Å². The summed E-state index contributed by atoms with van der Waals surface area (Å²) in [4.78, 5) is 22.6. The van der Waals surface area contributed by atoms with Crippen molar-refractivity contribution in [3.8, 4) is 0 Å². The quantitative estimate of drug-likeness (QED) is 0.219. The minimum atomic E-state index is -2.27. The van der Waals surface area contributed by atoms with Crippen LogP contribution in [0.2, 0.25) is 0 Å². The highest BCUT2D eigenvalue weighted by Crippen LogP contribution is 2.24. The topological polar surface area (TPSA) is 90.1 Å². The number of nitro benzene ring substituents is 1. The molecule has 0 radical (unpaired) electrons. The fourth-order valence-electron chi connectivity index (χ4n) is 2.60. The monoisotopic (exact) mass is 426 g/mol. The summed E-state index contributed by atoms with van der Waals surface area (Å²) in [6.07, 6.45) is 1.14. The second kappa shape index (κ2) is 7.89. The van der Waals surface area contributed by atoms with Gasteiger partial charge in [0.1, 0.15) is 0 Å². The largest absolute Gasteiger partial charge is 0.305 e. The van der Waals surface area contributed by atoms with E-state index in [4.69, 9.17) is 0 Å². The van der Waals surface area contributed by atoms with Crippen molar-refractivity contribution in [1.29, 1.82) is 0 Å². The molecule has 0 spiro atoms. The molecule has 0 saturated heterocycles. The van der Waals surface area contributed by atoms with Crippen LogP contribution in [0.3, 0.4) is 0 Å². The van der Waals surface area contributed by atoms with Gasteiger partial charge in [-0.05, 0) is 13.0 Å². The third kappa shape index (κ3) is 3.83. The number of carbonyl (C=O) groups is 1. The summed E-state index contributed by atoms with van der Waals surface area (Å²) >= 11 is 0. The minimum Gasteiger partial charge on any atom is -0.305 e. The van der Waals surface area contributed by atoms with E-state index in [0.717, 1.165) is 16.9 Å². The number of amides is 1. The van der Waals surface area contributed by atoms with Crippen LogP contribution in [0.5, 0.6) is 0 Å². The van der Waals surface area contributed by atoms with Crippen molar-refractivity contribution in [3.63, 3.8) is 0 Å². The van der Waals surface area contributed by atoms with Crippen molar-refractivity contribution in [2.24, 2.45) is 0 Å². The van der Waals surface area contributed by atoms with Gasteiger partial charge < -0.3 is 5.32 Å². The number of halogens is 5. The Morgan fingerprint density at radius 3 is 2.27 bits per heavy atom. The Morgan fingerprint density at radius 1 is 1.07 bits per heavy atom. The lowest BCUT2D eigenvalue weighted by Crippen LogP contribution is -2.14. The van der Waals surface area contributed by atoms with Crippen LogP contribution in [0.15, 0.2) is 30.5 Å². The smallest absolute Gasteiger partial charge is 0.273 e. The molecule has 0 fully saturated rings. The van der Waals surface area contributed by atoms with Crippen molar-refractivity contribution >= 4 is 17.4 Å². The first-order valence-electron chi connectivity index (χ1n) is 8.20. The van der Waals surface area contributed by atoms with Gasteiger partial charge >= 0.3 is 0 Å². The fraction of sp³-hybridized carbons (Fsp3) is 0.111. The molecule has 12 heteroatoms. The summed E-state index contributed by atoms with van der Waals surface area (Å²) in [5.74, 6) is -11.3. The number of nitrogens with one attached hydrogen (secondary N) is 1. The number of aryl methyl sites for hydroxylation is 1. The van der Waals surface area contributed by atoms with Gasteiger partial charge in [-0.15, -0.1) is 0 Å². The SMILES string of the molecule is Cc1ccc(C(=O)Nc2ccn(Cc3c(F)c(F)c(F)c(F)c3F)n2)cc1[N+](=O)[O-]. The molecule has 0 aliphatic carbocycles. The molecule has 0 aliphatic heterocycles. The Kier molecular flexibility index (Phi) is 5.49. The summed E-state index contributed by atoms with van der Waals surface area (Å²) in [5.41, 5.74) is -1.05. The third-order valence-electron chi connectivity index (χ3n) is 4.17. The number of rotatable bonds is 5.